The molecule has 2 atom stereocenters. The molecule has 0 spiro atoms. The lowest BCUT2D eigenvalue weighted by Crippen LogP contribution is -2.20. The molecule has 1 heterocycles. The van der Waals surface area contributed by atoms with Crippen molar-refractivity contribution >= 4 is 5.69 Å². The zero-order chi connectivity index (χ0) is 11.7. The van der Waals surface area contributed by atoms with Crippen LogP contribution >= 0.6 is 0 Å². The highest BCUT2D eigenvalue weighted by Gasteiger charge is 2.24. The number of anilines is 1. The molecule has 1 aliphatic carbocycles. The van der Waals surface area contributed by atoms with Gasteiger partial charge in [-0.15, -0.1) is 0 Å². The van der Waals surface area contributed by atoms with Crippen LogP contribution in [-0.2, 0) is 0 Å². The van der Waals surface area contributed by atoms with Crippen LogP contribution in [0.1, 0.15) is 56.5 Å². The first kappa shape index (κ1) is 11.5. The maximum Gasteiger partial charge on any atom is 0.0826 e. The molecular formula is C13H23N3. The third kappa shape index (κ3) is 1.95. The van der Waals surface area contributed by atoms with Crippen molar-refractivity contribution in [3.8, 4) is 0 Å². The van der Waals surface area contributed by atoms with Crippen LogP contribution in [-0.4, -0.2) is 9.78 Å². The van der Waals surface area contributed by atoms with Gasteiger partial charge in [-0.05, 0) is 32.6 Å². The van der Waals surface area contributed by atoms with E-state index >= 15 is 0 Å². The highest BCUT2D eigenvalue weighted by molar-refractivity contribution is 5.47. The topological polar surface area (TPSA) is 43.8 Å². The Hall–Kier alpha value is -0.990. The van der Waals surface area contributed by atoms with E-state index in [-0.39, 0.29) is 0 Å². The van der Waals surface area contributed by atoms with E-state index in [1.165, 1.54) is 32.1 Å². The van der Waals surface area contributed by atoms with Crippen molar-refractivity contribution in [3.05, 3.63) is 11.4 Å². The van der Waals surface area contributed by atoms with E-state index in [1.54, 1.807) is 0 Å². The van der Waals surface area contributed by atoms with Gasteiger partial charge in [-0.3, -0.25) is 4.68 Å². The molecule has 2 unspecified atom stereocenters. The SMILES string of the molecule is CCC1CCCC(n2nc(C)c(N)c2C)C1. The van der Waals surface area contributed by atoms with Crippen LogP contribution in [0.25, 0.3) is 0 Å². The third-order valence-electron chi connectivity index (χ3n) is 4.06. The summed E-state index contributed by atoms with van der Waals surface area (Å²) in [6.07, 6.45) is 6.56. The van der Waals surface area contributed by atoms with Gasteiger partial charge in [0.1, 0.15) is 0 Å². The second-order valence-electron chi connectivity index (χ2n) is 5.12. The molecule has 2 rings (SSSR count). The minimum absolute atomic E-state index is 0.578. The predicted molar refractivity (Wildman–Crippen MR) is 67.4 cm³/mol. The van der Waals surface area contributed by atoms with Gasteiger partial charge in [0.2, 0.25) is 0 Å². The number of hydrogen-bond acceptors (Lipinski definition) is 2. The fourth-order valence-corrected chi connectivity index (χ4v) is 2.89. The molecule has 2 N–H and O–H groups in total. The summed E-state index contributed by atoms with van der Waals surface area (Å²) in [4.78, 5) is 0. The molecule has 0 saturated heterocycles. The van der Waals surface area contributed by atoms with Crippen LogP contribution < -0.4 is 5.73 Å². The molecule has 0 amide bonds. The van der Waals surface area contributed by atoms with Gasteiger partial charge in [0.25, 0.3) is 0 Å². The monoisotopic (exact) mass is 221 g/mol. The van der Waals surface area contributed by atoms with Gasteiger partial charge in [0, 0.05) is 0 Å². The Morgan fingerprint density at radius 1 is 1.38 bits per heavy atom. The first-order chi connectivity index (χ1) is 7.63. The number of aromatic nitrogens is 2. The van der Waals surface area contributed by atoms with Crippen molar-refractivity contribution in [2.45, 2.75) is 58.9 Å². The number of nitrogens with two attached hydrogens (primary N) is 1. The molecule has 16 heavy (non-hydrogen) atoms. The molecule has 0 bridgehead atoms. The summed E-state index contributed by atoms with van der Waals surface area (Å²) in [7, 11) is 0. The summed E-state index contributed by atoms with van der Waals surface area (Å²) in [5.74, 6) is 0.879. The van der Waals surface area contributed by atoms with Crippen LogP contribution in [0.15, 0.2) is 0 Å². The highest BCUT2D eigenvalue weighted by Crippen LogP contribution is 2.35. The van der Waals surface area contributed by atoms with Crippen molar-refractivity contribution in [2.24, 2.45) is 5.92 Å². The molecule has 1 fully saturated rings. The molecule has 1 aromatic heterocycles. The summed E-state index contributed by atoms with van der Waals surface area (Å²) < 4.78 is 2.17. The number of rotatable bonds is 2. The Morgan fingerprint density at radius 2 is 2.12 bits per heavy atom. The van der Waals surface area contributed by atoms with Crippen molar-refractivity contribution in [2.75, 3.05) is 5.73 Å². The smallest absolute Gasteiger partial charge is 0.0826 e. The predicted octanol–water partition coefficient (Wildman–Crippen LogP) is 3.22. The highest BCUT2D eigenvalue weighted by atomic mass is 15.3. The van der Waals surface area contributed by atoms with Crippen LogP contribution in [0.4, 0.5) is 5.69 Å². The molecule has 1 aliphatic rings. The molecule has 0 aliphatic heterocycles. The lowest BCUT2D eigenvalue weighted by Gasteiger charge is -2.29. The Kier molecular flexibility index (Phi) is 3.22. The number of hydrogen-bond donors (Lipinski definition) is 1. The summed E-state index contributed by atoms with van der Waals surface area (Å²) in [6.45, 7) is 6.38. The van der Waals surface area contributed by atoms with Gasteiger partial charge in [-0.1, -0.05) is 26.2 Å². The van der Waals surface area contributed by atoms with Crippen molar-refractivity contribution < 1.29 is 0 Å². The van der Waals surface area contributed by atoms with Gasteiger partial charge in [0.05, 0.1) is 23.1 Å². The van der Waals surface area contributed by atoms with Gasteiger partial charge < -0.3 is 5.73 Å². The minimum atomic E-state index is 0.578. The zero-order valence-electron chi connectivity index (χ0n) is 10.7. The largest absolute Gasteiger partial charge is 0.396 e. The molecule has 90 valence electrons. The van der Waals surface area contributed by atoms with E-state index in [9.17, 15) is 0 Å². The zero-order valence-corrected chi connectivity index (χ0v) is 10.7. The van der Waals surface area contributed by atoms with Crippen molar-refractivity contribution in [1.29, 1.82) is 0 Å². The quantitative estimate of drug-likeness (QED) is 0.833. The average Bonchev–Trinajstić information content (AvgIpc) is 2.57. The first-order valence-electron chi connectivity index (χ1n) is 6.44. The lowest BCUT2D eigenvalue weighted by molar-refractivity contribution is 0.245. The summed E-state index contributed by atoms with van der Waals surface area (Å²) in [6, 6.07) is 0.578. The molecular weight excluding hydrogens is 198 g/mol. The van der Waals surface area contributed by atoms with E-state index in [1.807, 2.05) is 6.92 Å². The maximum atomic E-state index is 5.99. The van der Waals surface area contributed by atoms with E-state index in [0.29, 0.717) is 6.04 Å². The van der Waals surface area contributed by atoms with E-state index in [4.69, 9.17) is 5.73 Å². The van der Waals surface area contributed by atoms with Crippen LogP contribution in [0, 0.1) is 19.8 Å². The summed E-state index contributed by atoms with van der Waals surface area (Å²) >= 11 is 0. The van der Waals surface area contributed by atoms with Gasteiger partial charge >= 0.3 is 0 Å². The van der Waals surface area contributed by atoms with Crippen molar-refractivity contribution in [3.63, 3.8) is 0 Å². The number of aryl methyl sites for hydroxylation is 1. The molecule has 1 aromatic rings. The number of nitrogen functional groups attached to an aromatic ring is 1. The van der Waals surface area contributed by atoms with Crippen molar-refractivity contribution in [1.82, 2.24) is 9.78 Å². The minimum Gasteiger partial charge on any atom is -0.396 e. The standard InChI is InChI=1S/C13H23N3/c1-4-11-6-5-7-12(8-11)16-10(3)13(14)9(2)15-16/h11-12H,4-8,14H2,1-3H3. The second-order valence-corrected chi connectivity index (χ2v) is 5.12. The number of nitrogens with zero attached hydrogens (tertiary/aromatic N) is 2. The second kappa shape index (κ2) is 4.48. The van der Waals surface area contributed by atoms with Gasteiger partial charge in [-0.25, -0.2) is 0 Å². The lowest BCUT2D eigenvalue weighted by atomic mass is 9.84. The molecule has 1 saturated carbocycles. The third-order valence-corrected chi connectivity index (χ3v) is 4.06. The van der Waals surface area contributed by atoms with Crippen LogP contribution in [0.3, 0.4) is 0 Å². The fraction of sp³-hybridized carbons (Fsp3) is 0.769. The molecule has 0 aromatic carbocycles. The normalized spacial score (nSPS) is 25.9. The molecule has 3 heteroatoms. The Bertz CT molecular complexity index is 367. The molecule has 3 nitrogen and oxygen atoms in total. The molecule has 0 radical (unpaired) electrons. The Labute approximate surface area is 98.0 Å². The fourth-order valence-electron chi connectivity index (χ4n) is 2.89. The Balaban J connectivity index is 2.20. The van der Waals surface area contributed by atoms with E-state index in [0.717, 1.165) is 23.0 Å². The first-order valence-corrected chi connectivity index (χ1v) is 6.44. The Morgan fingerprint density at radius 3 is 2.69 bits per heavy atom. The average molecular weight is 221 g/mol. The van der Waals surface area contributed by atoms with Crippen LogP contribution in [0.5, 0.6) is 0 Å². The maximum absolute atomic E-state index is 5.99. The van der Waals surface area contributed by atoms with Crippen LogP contribution in [0.2, 0.25) is 0 Å². The summed E-state index contributed by atoms with van der Waals surface area (Å²) in [5, 5.41) is 4.59. The van der Waals surface area contributed by atoms with Gasteiger partial charge in [-0.2, -0.15) is 5.10 Å². The van der Waals surface area contributed by atoms with E-state index in [2.05, 4.69) is 23.6 Å². The van der Waals surface area contributed by atoms with E-state index < -0.39 is 0 Å². The van der Waals surface area contributed by atoms with Gasteiger partial charge in [0.15, 0.2) is 0 Å². The summed E-state index contributed by atoms with van der Waals surface area (Å²) in [5.41, 5.74) is 9.00.